The van der Waals surface area contributed by atoms with Crippen molar-refractivity contribution in [1.29, 1.82) is 0 Å². The molecule has 1 aliphatic heterocycles. The molecule has 1 aliphatic rings. The highest BCUT2D eigenvalue weighted by atomic mass is 32.2. The van der Waals surface area contributed by atoms with Crippen molar-refractivity contribution in [3.63, 3.8) is 0 Å². The lowest BCUT2D eigenvalue weighted by molar-refractivity contribution is -0.120. The van der Waals surface area contributed by atoms with Gasteiger partial charge in [-0.15, -0.1) is 0 Å². The Morgan fingerprint density at radius 1 is 0.929 bits per heavy atom. The summed E-state index contributed by atoms with van der Waals surface area (Å²) in [6.45, 7) is -0.230. The number of aliphatic hydroxyl groups is 2. The Labute approximate surface area is 163 Å². The zero-order valence-corrected chi connectivity index (χ0v) is 15.7. The first-order valence-electron chi connectivity index (χ1n) is 8.78. The Bertz CT molecular complexity index is 891. The second-order valence-corrected chi connectivity index (χ2v) is 8.24. The summed E-state index contributed by atoms with van der Waals surface area (Å²) < 4.78 is 32.4. The highest BCUT2D eigenvalue weighted by molar-refractivity contribution is 7.89. The van der Waals surface area contributed by atoms with Crippen LogP contribution in [-0.2, 0) is 19.6 Å². The number of carbonyl (C=O) groups is 1. The van der Waals surface area contributed by atoms with Gasteiger partial charge in [0.05, 0.1) is 17.4 Å². The van der Waals surface area contributed by atoms with Gasteiger partial charge >= 0.3 is 0 Å². The molecule has 4 N–H and O–H groups in total. The van der Waals surface area contributed by atoms with Gasteiger partial charge in [0.2, 0.25) is 15.9 Å². The molecule has 0 saturated carbocycles. The number of para-hydroxylation sites is 1. The van der Waals surface area contributed by atoms with Crippen LogP contribution in [0.25, 0.3) is 0 Å². The predicted molar refractivity (Wildman–Crippen MR) is 102 cm³/mol. The summed E-state index contributed by atoms with van der Waals surface area (Å²) >= 11 is 0. The number of carbonyl (C=O) groups excluding carboxylic acids is 1. The SMILES string of the molecule is O=C(C[C@H]1O[C@H](CNS(=O)(=O)c2ccccc2)[C@@H](O)[C@H]1O)Nc1ccccc1. The number of sulfonamides is 1. The van der Waals surface area contributed by atoms with Crippen LogP contribution in [0, 0.1) is 0 Å². The van der Waals surface area contributed by atoms with Crippen molar-refractivity contribution < 1.29 is 28.2 Å². The second kappa shape index (κ2) is 8.80. The van der Waals surface area contributed by atoms with E-state index in [1.165, 1.54) is 12.1 Å². The number of nitrogens with one attached hydrogen (secondary N) is 2. The van der Waals surface area contributed by atoms with E-state index in [4.69, 9.17) is 4.74 Å². The van der Waals surface area contributed by atoms with Crippen LogP contribution in [0.5, 0.6) is 0 Å². The molecule has 4 atom stereocenters. The summed E-state index contributed by atoms with van der Waals surface area (Å²) in [6, 6.07) is 16.6. The summed E-state index contributed by atoms with van der Waals surface area (Å²) in [7, 11) is -3.77. The maximum absolute atomic E-state index is 12.3. The van der Waals surface area contributed by atoms with Crippen molar-refractivity contribution in [3.8, 4) is 0 Å². The van der Waals surface area contributed by atoms with Gasteiger partial charge in [-0.2, -0.15) is 0 Å². The van der Waals surface area contributed by atoms with Crippen LogP contribution in [0.2, 0.25) is 0 Å². The van der Waals surface area contributed by atoms with Crippen LogP contribution in [0.4, 0.5) is 5.69 Å². The van der Waals surface area contributed by atoms with Gasteiger partial charge in [0.25, 0.3) is 0 Å². The minimum absolute atomic E-state index is 0.0850. The third kappa shape index (κ3) is 4.94. The van der Waals surface area contributed by atoms with Crippen molar-refractivity contribution in [2.24, 2.45) is 0 Å². The molecule has 0 aliphatic carbocycles. The molecule has 150 valence electrons. The van der Waals surface area contributed by atoms with Crippen LogP contribution < -0.4 is 10.0 Å². The fourth-order valence-corrected chi connectivity index (χ4v) is 4.02. The normalized spacial score (nSPS) is 24.8. The Kier molecular flexibility index (Phi) is 6.42. The Hall–Kier alpha value is -2.30. The van der Waals surface area contributed by atoms with Gasteiger partial charge in [0.15, 0.2) is 0 Å². The molecule has 1 fully saturated rings. The van der Waals surface area contributed by atoms with Gasteiger partial charge in [0.1, 0.15) is 18.3 Å². The van der Waals surface area contributed by atoms with E-state index in [-0.39, 0.29) is 23.8 Å². The molecule has 1 amide bonds. The van der Waals surface area contributed by atoms with E-state index in [9.17, 15) is 23.4 Å². The predicted octanol–water partition coefficient (Wildman–Crippen LogP) is 0.483. The number of ether oxygens (including phenoxy) is 1. The van der Waals surface area contributed by atoms with Crippen LogP contribution >= 0.6 is 0 Å². The molecule has 1 saturated heterocycles. The topological polar surface area (TPSA) is 125 Å². The summed E-state index contributed by atoms with van der Waals surface area (Å²) in [6.07, 6.45) is -4.69. The molecule has 9 heteroatoms. The highest BCUT2D eigenvalue weighted by Gasteiger charge is 2.43. The van der Waals surface area contributed by atoms with Crippen LogP contribution in [0.15, 0.2) is 65.6 Å². The quantitative estimate of drug-likeness (QED) is 0.530. The molecule has 0 spiro atoms. The van der Waals surface area contributed by atoms with E-state index >= 15 is 0 Å². The van der Waals surface area contributed by atoms with E-state index in [2.05, 4.69) is 10.0 Å². The molecule has 0 aromatic heterocycles. The largest absolute Gasteiger partial charge is 0.388 e. The fraction of sp³-hybridized carbons (Fsp3) is 0.316. The fourth-order valence-electron chi connectivity index (χ4n) is 2.95. The monoisotopic (exact) mass is 406 g/mol. The maximum atomic E-state index is 12.3. The molecule has 3 rings (SSSR count). The Balaban J connectivity index is 1.56. The number of rotatable bonds is 7. The third-order valence-electron chi connectivity index (χ3n) is 4.43. The molecule has 8 nitrogen and oxygen atoms in total. The number of benzene rings is 2. The summed E-state index contributed by atoms with van der Waals surface area (Å²) in [5, 5.41) is 23.0. The van der Waals surface area contributed by atoms with Gasteiger partial charge in [-0.25, -0.2) is 13.1 Å². The molecule has 0 bridgehead atoms. The van der Waals surface area contributed by atoms with E-state index in [0.29, 0.717) is 5.69 Å². The van der Waals surface area contributed by atoms with Crippen molar-refractivity contribution >= 4 is 21.6 Å². The molecule has 1 heterocycles. The van der Waals surface area contributed by atoms with Crippen molar-refractivity contribution in [2.75, 3.05) is 11.9 Å². The second-order valence-electron chi connectivity index (χ2n) is 6.48. The standard InChI is InChI=1S/C19H22N2O6S/c22-17(21-13-7-3-1-4-8-13)11-15-18(23)19(24)16(27-15)12-20-28(25,26)14-9-5-2-6-10-14/h1-10,15-16,18-20,23-24H,11-12H2,(H,21,22)/t15-,16-,18+,19-/m1/s1. The molecule has 0 unspecified atom stereocenters. The maximum Gasteiger partial charge on any atom is 0.240 e. The molecular weight excluding hydrogens is 384 g/mol. The van der Waals surface area contributed by atoms with Gasteiger partial charge in [-0.3, -0.25) is 4.79 Å². The minimum Gasteiger partial charge on any atom is -0.388 e. The van der Waals surface area contributed by atoms with E-state index in [1.807, 2.05) is 6.07 Å². The van der Waals surface area contributed by atoms with Crippen LogP contribution in [0.3, 0.4) is 0 Å². The summed E-state index contributed by atoms with van der Waals surface area (Å²) in [5.41, 5.74) is 0.604. The molecule has 0 radical (unpaired) electrons. The Morgan fingerprint density at radius 3 is 2.14 bits per heavy atom. The summed E-state index contributed by atoms with van der Waals surface area (Å²) in [4.78, 5) is 12.2. The van der Waals surface area contributed by atoms with Crippen molar-refractivity contribution in [1.82, 2.24) is 4.72 Å². The number of amides is 1. The average molecular weight is 406 g/mol. The van der Waals surface area contributed by atoms with Gasteiger partial charge in [-0.1, -0.05) is 36.4 Å². The van der Waals surface area contributed by atoms with Crippen molar-refractivity contribution in [2.45, 2.75) is 35.7 Å². The van der Waals surface area contributed by atoms with Gasteiger partial charge in [-0.05, 0) is 24.3 Å². The number of aliphatic hydroxyl groups excluding tert-OH is 2. The molecule has 28 heavy (non-hydrogen) atoms. The lowest BCUT2D eigenvalue weighted by Gasteiger charge is -2.15. The van der Waals surface area contributed by atoms with E-state index in [1.54, 1.807) is 42.5 Å². The first kappa shape index (κ1) is 20.4. The zero-order chi connectivity index (χ0) is 20.1. The van der Waals surface area contributed by atoms with Gasteiger partial charge in [0, 0.05) is 12.2 Å². The Morgan fingerprint density at radius 2 is 1.50 bits per heavy atom. The smallest absolute Gasteiger partial charge is 0.240 e. The summed E-state index contributed by atoms with van der Waals surface area (Å²) in [5.74, 6) is -0.382. The average Bonchev–Trinajstić information content (AvgIpc) is 2.96. The molecular formula is C19H22N2O6S. The number of hydrogen-bond acceptors (Lipinski definition) is 6. The molecule has 2 aromatic carbocycles. The first-order chi connectivity index (χ1) is 13.4. The van der Waals surface area contributed by atoms with E-state index in [0.717, 1.165) is 0 Å². The van der Waals surface area contributed by atoms with Crippen LogP contribution in [-0.4, -0.2) is 55.5 Å². The van der Waals surface area contributed by atoms with Crippen molar-refractivity contribution in [3.05, 3.63) is 60.7 Å². The lowest BCUT2D eigenvalue weighted by atomic mass is 10.1. The minimum atomic E-state index is -3.77. The number of hydrogen-bond donors (Lipinski definition) is 4. The number of anilines is 1. The van der Waals surface area contributed by atoms with E-state index < -0.39 is 34.4 Å². The highest BCUT2D eigenvalue weighted by Crippen LogP contribution is 2.24. The van der Waals surface area contributed by atoms with Crippen LogP contribution in [0.1, 0.15) is 6.42 Å². The van der Waals surface area contributed by atoms with Gasteiger partial charge < -0.3 is 20.3 Å². The first-order valence-corrected chi connectivity index (χ1v) is 10.3. The lowest BCUT2D eigenvalue weighted by Crippen LogP contribution is -2.40. The molecule has 2 aromatic rings. The third-order valence-corrected chi connectivity index (χ3v) is 5.87. The zero-order valence-electron chi connectivity index (χ0n) is 14.9.